The zero-order chi connectivity index (χ0) is 19.4. The Labute approximate surface area is 160 Å². The summed E-state index contributed by atoms with van der Waals surface area (Å²) in [6, 6.07) is 12.6. The minimum atomic E-state index is -3.61. The highest BCUT2D eigenvalue weighted by atomic mass is 35.5. The van der Waals surface area contributed by atoms with E-state index in [1.54, 1.807) is 30.3 Å². The second kappa shape index (κ2) is 7.77. The highest BCUT2D eigenvalue weighted by Gasteiger charge is 2.29. The molecule has 1 aliphatic rings. The Kier molecular flexibility index (Phi) is 5.43. The van der Waals surface area contributed by atoms with Crippen LogP contribution in [0.2, 0.25) is 5.02 Å². The third kappa shape index (κ3) is 4.44. The van der Waals surface area contributed by atoms with E-state index >= 15 is 0 Å². The van der Waals surface area contributed by atoms with Gasteiger partial charge in [-0.25, -0.2) is 8.42 Å². The molecule has 0 unspecified atom stereocenters. The summed E-state index contributed by atoms with van der Waals surface area (Å²) in [4.78, 5) is 28.0. The predicted molar refractivity (Wildman–Crippen MR) is 99.8 cm³/mol. The number of hydrogen-bond donors (Lipinski definition) is 3. The number of sulfonamides is 1. The van der Waals surface area contributed by atoms with Crippen molar-refractivity contribution in [3.63, 3.8) is 0 Å². The van der Waals surface area contributed by atoms with Gasteiger partial charge < -0.3 is 0 Å². The zero-order valence-corrected chi connectivity index (χ0v) is 15.5. The fraction of sp³-hybridized carbons (Fsp3) is 0.118. The molecule has 0 fully saturated rings. The molecule has 0 bridgehead atoms. The molecule has 3 N–H and O–H groups in total. The monoisotopic (exact) mass is 406 g/mol. The van der Waals surface area contributed by atoms with Gasteiger partial charge in [-0.2, -0.15) is 0 Å². The van der Waals surface area contributed by atoms with Gasteiger partial charge in [-0.1, -0.05) is 23.7 Å². The largest absolute Gasteiger partial charge is 0.273 e. The first-order chi connectivity index (χ1) is 12.9. The maximum Gasteiger partial charge on any atom is 0.269 e. The van der Waals surface area contributed by atoms with Gasteiger partial charge in [0.15, 0.2) is 0 Å². The van der Waals surface area contributed by atoms with Crippen LogP contribution >= 0.6 is 11.6 Å². The number of nitrogens with one attached hydrogen (secondary N) is 3. The van der Waals surface area contributed by atoms with Crippen molar-refractivity contribution in [1.29, 1.82) is 0 Å². The Balaban J connectivity index is 1.52. The summed E-state index contributed by atoms with van der Waals surface area (Å²) in [6.45, 7) is 0.0504. The van der Waals surface area contributed by atoms with E-state index in [2.05, 4.69) is 20.6 Å². The van der Waals surface area contributed by atoms with Gasteiger partial charge in [0.25, 0.3) is 15.9 Å². The number of amides is 2. The minimum absolute atomic E-state index is 0.0334. The average molecular weight is 407 g/mol. The molecule has 0 aliphatic carbocycles. The number of hydrogen-bond acceptors (Lipinski definition) is 5. The second-order valence-corrected chi connectivity index (χ2v) is 7.68. The molecule has 1 aliphatic heterocycles. The number of halogens is 1. The highest BCUT2D eigenvalue weighted by Crippen LogP contribution is 2.22. The average Bonchev–Trinajstić information content (AvgIpc) is 2.91. The lowest BCUT2D eigenvalue weighted by Gasteiger charge is -2.07. The number of hydrazine groups is 1. The van der Waals surface area contributed by atoms with Crippen molar-refractivity contribution in [3.05, 3.63) is 64.7 Å². The lowest BCUT2D eigenvalue weighted by atomic mass is 10.2. The number of amidine groups is 1. The van der Waals surface area contributed by atoms with Crippen molar-refractivity contribution in [2.75, 3.05) is 6.54 Å². The van der Waals surface area contributed by atoms with E-state index in [0.29, 0.717) is 16.1 Å². The van der Waals surface area contributed by atoms with Gasteiger partial charge in [0, 0.05) is 22.6 Å². The molecule has 3 rings (SSSR count). The number of benzene rings is 2. The maximum absolute atomic E-state index is 12.0. The molecule has 1 heterocycles. The van der Waals surface area contributed by atoms with Crippen molar-refractivity contribution >= 4 is 39.3 Å². The first-order valence-electron chi connectivity index (χ1n) is 7.88. The minimum Gasteiger partial charge on any atom is -0.273 e. The van der Waals surface area contributed by atoms with Gasteiger partial charge in [0.05, 0.1) is 11.4 Å². The number of nitrogens with zero attached hydrogens (tertiary/aromatic N) is 1. The third-order valence-corrected chi connectivity index (χ3v) is 5.34. The van der Waals surface area contributed by atoms with E-state index in [0.717, 1.165) is 0 Å². The maximum atomic E-state index is 12.0. The summed E-state index contributed by atoms with van der Waals surface area (Å²) in [5.41, 5.74) is 5.37. The van der Waals surface area contributed by atoms with Crippen molar-refractivity contribution in [2.45, 2.75) is 11.3 Å². The van der Waals surface area contributed by atoms with E-state index in [4.69, 9.17) is 11.6 Å². The van der Waals surface area contributed by atoms with E-state index in [-0.39, 0.29) is 23.7 Å². The van der Waals surface area contributed by atoms with E-state index < -0.39 is 21.8 Å². The first-order valence-corrected chi connectivity index (χ1v) is 9.74. The fourth-order valence-electron chi connectivity index (χ4n) is 2.38. The Morgan fingerprint density at radius 2 is 1.74 bits per heavy atom. The quantitative estimate of drug-likeness (QED) is 0.662. The van der Waals surface area contributed by atoms with Gasteiger partial charge in [-0.05, 0) is 36.4 Å². The summed E-state index contributed by atoms with van der Waals surface area (Å²) in [7, 11) is -3.61. The molecule has 0 saturated carbocycles. The molecule has 0 aromatic heterocycles. The first kappa shape index (κ1) is 18.9. The topological polar surface area (TPSA) is 117 Å². The smallest absolute Gasteiger partial charge is 0.269 e. The molecule has 0 spiro atoms. The molecular formula is C17H15ClN4O4S. The molecule has 0 saturated heterocycles. The van der Waals surface area contributed by atoms with Crippen LogP contribution in [0.1, 0.15) is 22.3 Å². The van der Waals surface area contributed by atoms with Crippen LogP contribution < -0.4 is 15.6 Å². The van der Waals surface area contributed by atoms with E-state index in [1.807, 2.05) is 0 Å². The molecule has 8 nitrogen and oxygen atoms in total. The molecule has 2 aromatic carbocycles. The summed E-state index contributed by atoms with van der Waals surface area (Å²) in [5.74, 6) is -0.747. The number of carbonyl (C=O) groups excluding carboxylic acids is 2. The second-order valence-electron chi connectivity index (χ2n) is 5.59. The third-order valence-electron chi connectivity index (χ3n) is 3.69. The predicted octanol–water partition coefficient (Wildman–Crippen LogP) is 1.23. The molecule has 140 valence electrons. The Morgan fingerprint density at radius 3 is 2.48 bits per heavy atom. The Bertz CT molecular complexity index is 1020. The number of rotatable bonds is 4. The number of carbonyl (C=O) groups is 2. The Morgan fingerprint density at radius 1 is 1.04 bits per heavy atom. The van der Waals surface area contributed by atoms with Gasteiger partial charge in [-0.15, -0.1) is 0 Å². The molecule has 27 heavy (non-hydrogen) atoms. The molecule has 2 amide bonds. The summed E-state index contributed by atoms with van der Waals surface area (Å²) < 4.78 is 26.3. The molecule has 2 aromatic rings. The summed E-state index contributed by atoms with van der Waals surface area (Å²) >= 11 is 5.75. The van der Waals surface area contributed by atoms with Crippen LogP contribution in [0.5, 0.6) is 0 Å². The standard InChI is InChI=1S/C17H15ClN4O4S/c18-12-7-5-11(6-8-12)17(24)21-20-15(23)9-10-19-16-13-3-1-2-4-14(13)27(25,26)22-16/h1-8H,9-10H2,(H,19,22)(H,20,23)(H,21,24). The van der Waals surface area contributed by atoms with Crippen LogP contribution in [0.3, 0.4) is 0 Å². The fourth-order valence-corrected chi connectivity index (χ4v) is 3.76. The van der Waals surface area contributed by atoms with Gasteiger partial charge in [0.2, 0.25) is 5.91 Å². The van der Waals surface area contributed by atoms with Crippen molar-refractivity contribution in [1.82, 2.24) is 15.6 Å². The van der Waals surface area contributed by atoms with Crippen LogP contribution in [-0.2, 0) is 14.8 Å². The number of aliphatic imine (C=N–C) groups is 1. The number of fused-ring (bicyclic) bond motifs is 1. The van der Waals surface area contributed by atoms with Gasteiger partial charge in [0.1, 0.15) is 5.84 Å². The highest BCUT2D eigenvalue weighted by molar-refractivity contribution is 7.90. The normalized spacial score (nSPS) is 15.7. The molecule has 0 atom stereocenters. The Hall–Kier alpha value is -2.91. The van der Waals surface area contributed by atoms with Crippen molar-refractivity contribution < 1.29 is 18.0 Å². The summed E-state index contributed by atoms with van der Waals surface area (Å²) in [6.07, 6.45) is -0.0334. The van der Waals surface area contributed by atoms with Crippen molar-refractivity contribution in [2.24, 2.45) is 4.99 Å². The van der Waals surface area contributed by atoms with Crippen LogP contribution in [0.25, 0.3) is 0 Å². The van der Waals surface area contributed by atoms with Crippen LogP contribution in [0.15, 0.2) is 58.4 Å². The molecular weight excluding hydrogens is 392 g/mol. The summed E-state index contributed by atoms with van der Waals surface area (Å²) in [5, 5.41) is 0.499. The van der Waals surface area contributed by atoms with Crippen molar-refractivity contribution in [3.8, 4) is 0 Å². The lowest BCUT2D eigenvalue weighted by Crippen LogP contribution is -2.41. The van der Waals surface area contributed by atoms with Gasteiger partial charge in [-0.3, -0.25) is 30.2 Å². The lowest BCUT2D eigenvalue weighted by molar-refractivity contribution is -0.121. The molecule has 0 radical (unpaired) electrons. The molecule has 10 heteroatoms. The van der Waals surface area contributed by atoms with E-state index in [1.165, 1.54) is 18.2 Å². The van der Waals surface area contributed by atoms with Crippen LogP contribution in [-0.4, -0.2) is 32.6 Å². The van der Waals surface area contributed by atoms with Gasteiger partial charge >= 0.3 is 0 Å². The van der Waals surface area contributed by atoms with Crippen LogP contribution in [0.4, 0.5) is 0 Å². The van der Waals surface area contributed by atoms with E-state index in [9.17, 15) is 18.0 Å². The SMILES string of the molecule is O=C(CCN=C1NS(=O)(=O)c2ccccc21)NNC(=O)c1ccc(Cl)cc1. The van der Waals surface area contributed by atoms with Crippen LogP contribution in [0, 0.1) is 0 Å². The zero-order valence-electron chi connectivity index (χ0n) is 13.9.